The van der Waals surface area contributed by atoms with Gasteiger partial charge in [-0.25, -0.2) is 0 Å². The summed E-state index contributed by atoms with van der Waals surface area (Å²) in [5.74, 6) is 0.470. The standard InChI is InChI=1S/C12H23NO/c1-4-13(10(2)3)11-8-6-5-7-9-12(11)14/h10-11H,4-9H2,1-3H3. The van der Waals surface area contributed by atoms with Gasteiger partial charge >= 0.3 is 0 Å². The number of Topliss-reactive ketones (excluding diaryl/α,β-unsaturated/α-hetero) is 1. The molecule has 1 fully saturated rings. The number of carbonyl (C=O) groups is 1. The van der Waals surface area contributed by atoms with E-state index in [1.165, 1.54) is 12.8 Å². The third-order valence-electron chi connectivity index (χ3n) is 3.20. The Labute approximate surface area is 87.7 Å². The first-order valence-electron chi connectivity index (χ1n) is 5.95. The Balaban J connectivity index is 2.65. The Hall–Kier alpha value is -0.370. The monoisotopic (exact) mass is 197 g/mol. The quantitative estimate of drug-likeness (QED) is 0.648. The van der Waals surface area contributed by atoms with E-state index < -0.39 is 0 Å². The Kier molecular flexibility index (Phi) is 4.59. The summed E-state index contributed by atoms with van der Waals surface area (Å²) in [4.78, 5) is 14.2. The largest absolute Gasteiger partial charge is 0.298 e. The molecule has 0 radical (unpaired) electrons. The molecule has 0 bridgehead atoms. The van der Waals surface area contributed by atoms with Crippen molar-refractivity contribution in [3.63, 3.8) is 0 Å². The lowest BCUT2D eigenvalue weighted by Gasteiger charge is -2.32. The van der Waals surface area contributed by atoms with Crippen molar-refractivity contribution < 1.29 is 4.79 Å². The highest BCUT2D eigenvalue weighted by Gasteiger charge is 2.27. The van der Waals surface area contributed by atoms with E-state index in [2.05, 4.69) is 25.7 Å². The molecule has 0 saturated heterocycles. The second-order valence-electron chi connectivity index (χ2n) is 4.51. The van der Waals surface area contributed by atoms with E-state index in [4.69, 9.17) is 0 Å². The van der Waals surface area contributed by atoms with Crippen molar-refractivity contribution >= 4 is 5.78 Å². The van der Waals surface area contributed by atoms with Gasteiger partial charge in [-0.05, 0) is 33.2 Å². The molecule has 1 aliphatic carbocycles. The number of hydrogen-bond acceptors (Lipinski definition) is 2. The van der Waals surface area contributed by atoms with Crippen LogP contribution in [-0.4, -0.2) is 29.3 Å². The van der Waals surface area contributed by atoms with Crippen molar-refractivity contribution in [1.82, 2.24) is 4.90 Å². The molecule has 2 nitrogen and oxygen atoms in total. The molecule has 1 rings (SSSR count). The Morgan fingerprint density at radius 3 is 2.64 bits per heavy atom. The summed E-state index contributed by atoms with van der Waals surface area (Å²) < 4.78 is 0. The SMILES string of the molecule is CCN(C(C)C)C1CCCCCC1=O. The second-order valence-corrected chi connectivity index (χ2v) is 4.51. The molecule has 0 aromatic rings. The van der Waals surface area contributed by atoms with Crippen molar-refractivity contribution in [2.24, 2.45) is 0 Å². The van der Waals surface area contributed by atoms with Crippen LogP contribution in [0.3, 0.4) is 0 Å². The van der Waals surface area contributed by atoms with Crippen LogP contribution < -0.4 is 0 Å². The van der Waals surface area contributed by atoms with Crippen molar-refractivity contribution in [3.05, 3.63) is 0 Å². The van der Waals surface area contributed by atoms with Gasteiger partial charge in [-0.15, -0.1) is 0 Å². The van der Waals surface area contributed by atoms with Gasteiger partial charge in [0.15, 0.2) is 0 Å². The van der Waals surface area contributed by atoms with E-state index in [9.17, 15) is 4.79 Å². The van der Waals surface area contributed by atoms with Gasteiger partial charge in [0.1, 0.15) is 5.78 Å². The van der Waals surface area contributed by atoms with Crippen LogP contribution in [0.1, 0.15) is 52.9 Å². The molecule has 1 aliphatic rings. The van der Waals surface area contributed by atoms with E-state index in [1.54, 1.807) is 0 Å². The third kappa shape index (κ3) is 2.81. The number of hydrogen-bond donors (Lipinski definition) is 0. The van der Waals surface area contributed by atoms with Crippen molar-refractivity contribution in [2.45, 2.75) is 65.0 Å². The fourth-order valence-corrected chi connectivity index (χ4v) is 2.44. The maximum absolute atomic E-state index is 11.9. The summed E-state index contributed by atoms with van der Waals surface area (Å²) in [5.41, 5.74) is 0. The van der Waals surface area contributed by atoms with Crippen molar-refractivity contribution in [2.75, 3.05) is 6.54 Å². The lowest BCUT2D eigenvalue weighted by molar-refractivity contribution is -0.124. The topological polar surface area (TPSA) is 20.3 Å². The first-order valence-corrected chi connectivity index (χ1v) is 5.95. The lowest BCUT2D eigenvalue weighted by Crippen LogP contribution is -2.44. The van der Waals surface area contributed by atoms with Crippen LogP contribution in [0.4, 0.5) is 0 Å². The molecule has 0 aromatic carbocycles. The zero-order valence-corrected chi connectivity index (χ0v) is 9.75. The third-order valence-corrected chi connectivity index (χ3v) is 3.20. The van der Waals surface area contributed by atoms with Gasteiger partial charge in [-0.3, -0.25) is 9.69 Å². The van der Waals surface area contributed by atoms with Gasteiger partial charge in [0.2, 0.25) is 0 Å². The molecule has 0 N–H and O–H groups in total. The summed E-state index contributed by atoms with van der Waals surface area (Å²) in [6, 6.07) is 0.703. The number of carbonyl (C=O) groups excluding carboxylic acids is 1. The highest BCUT2D eigenvalue weighted by Crippen LogP contribution is 2.20. The number of nitrogens with zero attached hydrogens (tertiary/aromatic N) is 1. The maximum Gasteiger partial charge on any atom is 0.149 e. The van der Waals surface area contributed by atoms with Gasteiger partial charge in [-0.1, -0.05) is 19.8 Å². The summed E-state index contributed by atoms with van der Waals surface area (Å²) in [6.07, 6.45) is 5.43. The maximum atomic E-state index is 11.9. The number of ketones is 1. The molecule has 2 heteroatoms. The smallest absolute Gasteiger partial charge is 0.149 e. The fourth-order valence-electron chi connectivity index (χ4n) is 2.44. The summed E-state index contributed by atoms with van der Waals surface area (Å²) in [5, 5.41) is 0. The zero-order valence-electron chi connectivity index (χ0n) is 9.75. The van der Waals surface area contributed by atoms with Crippen LogP contribution in [0.25, 0.3) is 0 Å². The average molecular weight is 197 g/mol. The molecule has 0 spiro atoms. The summed E-state index contributed by atoms with van der Waals surface area (Å²) in [7, 11) is 0. The predicted molar refractivity (Wildman–Crippen MR) is 59.4 cm³/mol. The molecular formula is C12H23NO. The Morgan fingerprint density at radius 1 is 1.36 bits per heavy atom. The van der Waals surface area contributed by atoms with Crippen LogP contribution in [0, 0.1) is 0 Å². The normalized spacial score (nSPS) is 24.4. The van der Waals surface area contributed by atoms with E-state index >= 15 is 0 Å². The van der Waals surface area contributed by atoms with Crippen LogP contribution in [0.5, 0.6) is 0 Å². The van der Waals surface area contributed by atoms with Gasteiger partial charge < -0.3 is 0 Å². The van der Waals surface area contributed by atoms with Crippen molar-refractivity contribution in [3.8, 4) is 0 Å². The van der Waals surface area contributed by atoms with Crippen LogP contribution in [0.2, 0.25) is 0 Å². The zero-order chi connectivity index (χ0) is 10.6. The lowest BCUT2D eigenvalue weighted by atomic mass is 10.0. The molecule has 82 valence electrons. The van der Waals surface area contributed by atoms with Crippen molar-refractivity contribution in [1.29, 1.82) is 0 Å². The Morgan fingerprint density at radius 2 is 2.07 bits per heavy atom. The first kappa shape index (κ1) is 11.7. The molecule has 1 unspecified atom stereocenters. The average Bonchev–Trinajstić information content (AvgIpc) is 2.33. The minimum atomic E-state index is 0.211. The summed E-state index contributed by atoms with van der Waals surface area (Å²) >= 11 is 0. The molecule has 0 aliphatic heterocycles. The van der Waals surface area contributed by atoms with E-state index in [-0.39, 0.29) is 6.04 Å². The van der Waals surface area contributed by atoms with Crippen LogP contribution in [0.15, 0.2) is 0 Å². The molecule has 0 aromatic heterocycles. The van der Waals surface area contributed by atoms with Gasteiger partial charge in [0.05, 0.1) is 6.04 Å². The predicted octanol–water partition coefficient (Wildman–Crippen LogP) is 2.62. The molecule has 0 heterocycles. The van der Waals surface area contributed by atoms with Gasteiger partial charge in [-0.2, -0.15) is 0 Å². The molecule has 1 atom stereocenters. The molecule has 14 heavy (non-hydrogen) atoms. The minimum Gasteiger partial charge on any atom is -0.298 e. The molecule has 1 saturated carbocycles. The summed E-state index contributed by atoms with van der Waals surface area (Å²) in [6.45, 7) is 7.51. The highest BCUT2D eigenvalue weighted by molar-refractivity contribution is 5.84. The Bertz CT molecular complexity index is 189. The molecular weight excluding hydrogens is 174 g/mol. The molecule has 0 amide bonds. The van der Waals surface area contributed by atoms with E-state index in [0.29, 0.717) is 11.8 Å². The minimum absolute atomic E-state index is 0.211. The van der Waals surface area contributed by atoms with E-state index in [1.807, 2.05) is 0 Å². The van der Waals surface area contributed by atoms with Crippen LogP contribution >= 0.6 is 0 Å². The van der Waals surface area contributed by atoms with Crippen LogP contribution in [-0.2, 0) is 4.79 Å². The number of rotatable bonds is 3. The first-order chi connectivity index (χ1) is 6.66. The number of likely N-dealkylation sites (N-methyl/N-ethyl adjacent to an activating group) is 1. The van der Waals surface area contributed by atoms with Gasteiger partial charge in [0, 0.05) is 12.5 Å². The fraction of sp³-hybridized carbons (Fsp3) is 0.917. The highest BCUT2D eigenvalue weighted by atomic mass is 16.1. The van der Waals surface area contributed by atoms with Gasteiger partial charge in [0.25, 0.3) is 0 Å². The second kappa shape index (κ2) is 5.50. The van der Waals surface area contributed by atoms with E-state index in [0.717, 1.165) is 25.8 Å².